The molecule has 0 saturated carbocycles. The van der Waals surface area contributed by atoms with Crippen LogP contribution in [0.2, 0.25) is 0 Å². The van der Waals surface area contributed by atoms with Gasteiger partial charge in [-0.2, -0.15) is 0 Å². The van der Waals surface area contributed by atoms with Gasteiger partial charge in [0.1, 0.15) is 0 Å². The predicted molar refractivity (Wildman–Crippen MR) is 76.7 cm³/mol. The summed E-state index contributed by atoms with van der Waals surface area (Å²) in [5.74, 6) is 0.146. The van der Waals surface area contributed by atoms with Gasteiger partial charge in [0.15, 0.2) is 0 Å². The maximum Gasteiger partial charge on any atom is 0.212 e. The summed E-state index contributed by atoms with van der Waals surface area (Å²) in [5.41, 5.74) is 0.932. The summed E-state index contributed by atoms with van der Waals surface area (Å²) < 4.78 is 31.3. The number of hydrogen-bond acceptors (Lipinski definition) is 5. The number of hydrogen-bond donors (Lipinski definition) is 2. The Morgan fingerprint density at radius 1 is 1.42 bits per heavy atom. The van der Waals surface area contributed by atoms with Crippen molar-refractivity contribution in [1.29, 1.82) is 0 Å². The first kappa shape index (κ1) is 16.6. The molecule has 6 nitrogen and oxygen atoms in total. The fraction of sp³-hybridized carbons (Fsp3) is 0.833. The summed E-state index contributed by atoms with van der Waals surface area (Å²) in [6.45, 7) is 11.0. The van der Waals surface area contributed by atoms with Gasteiger partial charge in [-0.15, -0.1) is 0 Å². The topological polar surface area (TPSA) is 70.7 Å². The highest BCUT2D eigenvalue weighted by molar-refractivity contribution is 7.89. The van der Waals surface area contributed by atoms with Gasteiger partial charge in [0, 0.05) is 39.3 Å². The number of nitrogens with zero attached hydrogens (tertiary/aromatic N) is 1. The van der Waals surface area contributed by atoms with Crippen LogP contribution in [-0.4, -0.2) is 71.6 Å². The molecule has 1 aliphatic heterocycles. The normalized spacial score (nSPS) is 17.5. The highest BCUT2D eigenvalue weighted by Crippen LogP contribution is 1.94. The zero-order chi connectivity index (χ0) is 14.1. The molecule has 1 fully saturated rings. The van der Waals surface area contributed by atoms with E-state index < -0.39 is 10.0 Å². The monoisotopic (exact) mass is 291 g/mol. The predicted octanol–water partition coefficient (Wildman–Crippen LogP) is -0.596. The van der Waals surface area contributed by atoms with Gasteiger partial charge < -0.3 is 10.1 Å². The molecule has 2 N–H and O–H groups in total. The van der Waals surface area contributed by atoms with Gasteiger partial charge in [0.25, 0.3) is 0 Å². The SMILES string of the molecule is C=C(C)COCCNS(=O)(=O)CCN1CCNCC1. The summed E-state index contributed by atoms with van der Waals surface area (Å²) in [5, 5.41) is 3.24. The standard InChI is InChI=1S/C12H25N3O3S/c1-12(2)11-18-9-5-14-19(16,17)10-8-15-6-3-13-4-7-15/h13-14H,1,3-11H2,2H3. The summed E-state index contributed by atoms with van der Waals surface area (Å²) in [6.07, 6.45) is 0. The number of rotatable bonds is 9. The molecule has 19 heavy (non-hydrogen) atoms. The van der Waals surface area contributed by atoms with E-state index in [4.69, 9.17) is 4.74 Å². The van der Waals surface area contributed by atoms with E-state index in [9.17, 15) is 8.42 Å². The fourth-order valence-corrected chi connectivity index (χ4v) is 2.81. The molecule has 112 valence electrons. The molecule has 0 aromatic heterocycles. The van der Waals surface area contributed by atoms with E-state index in [0.717, 1.165) is 31.8 Å². The summed E-state index contributed by atoms with van der Waals surface area (Å²) in [4.78, 5) is 2.16. The van der Waals surface area contributed by atoms with Crippen LogP contribution < -0.4 is 10.0 Å². The molecular formula is C12H25N3O3S. The van der Waals surface area contributed by atoms with Crippen molar-refractivity contribution in [3.8, 4) is 0 Å². The molecule has 1 rings (SSSR count). The van der Waals surface area contributed by atoms with Crippen LogP contribution >= 0.6 is 0 Å². The van der Waals surface area contributed by atoms with Crippen LogP contribution in [0.3, 0.4) is 0 Å². The Labute approximate surface area is 116 Å². The zero-order valence-electron chi connectivity index (χ0n) is 11.7. The van der Waals surface area contributed by atoms with Crippen molar-refractivity contribution in [3.05, 3.63) is 12.2 Å². The van der Waals surface area contributed by atoms with Gasteiger partial charge in [-0.1, -0.05) is 12.2 Å². The molecule has 0 aromatic carbocycles. The van der Waals surface area contributed by atoms with E-state index >= 15 is 0 Å². The van der Waals surface area contributed by atoms with Crippen molar-refractivity contribution in [1.82, 2.24) is 14.9 Å². The minimum Gasteiger partial charge on any atom is -0.376 e. The molecule has 1 heterocycles. The quantitative estimate of drug-likeness (QED) is 0.439. The van der Waals surface area contributed by atoms with Crippen molar-refractivity contribution >= 4 is 10.0 Å². The van der Waals surface area contributed by atoms with Crippen molar-refractivity contribution in [3.63, 3.8) is 0 Å². The lowest BCUT2D eigenvalue weighted by molar-refractivity contribution is 0.162. The van der Waals surface area contributed by atoms with Crippen molar-refractivity contribution in [2.75, 3.05) is 58.2 Å². The van der Waals surface area contributed by atoms with E-state index in [1.54, 1.807) is 0 Å². The van der Waals surface area contributed by atoms with Crippen LogP contribution in [0.4, 0.5) is 0 Å². The number of ether oxygens (including phenoxy) is 1. The molecular weight excluding hydrogens is 266 g/mol. The van der Waals surface area contributed by atoms with Gasteiger partial charge in [-0.3, -0.25) is 4.90 Å². The molecule has 0 aliphatic carbocycles. The van der Waals surface area contributed by atoms with Crippen LogP contribution in [0, 0.1) is 0 Å². The summed E-state index contributed by atoms with van der Waals surface area (Å²) in [7, 11) is -3.20. The van der Waals surface area contributed by atoms with Crippen molar-refractivity contribution in [2.45, 2.75) is 6.92 Å². The Kier molecular flexibility index (Phi) is 7.55. The number of nitrogens with one attached hydrogen (secondary N) is 2. The molecule has 0 unspecified atom stereocenters. The van der Waals surface area contributed by atoms with Crippen LogP contribution in [0.15, 0.2) is 12.2 Å². The van der Waals surface area contributed by atoms with E-state index in [1.807, 2.05) is 6.92 Å². The van der Waals surface area contributed by atoms with Crippen molar-refractivity contribution in [2.24, 2.45) is 0 Å². The minimum atomic E-state index is -3.20. The van der Waals surface area contributed by atoms with Gasteiger partial charge >= 0.3 is 0 Å². The minimum absolute atomic E-state index is 0.146. The third-order valence-electron chi connectivity index (χ3n) is 2.80. The number of piperazine rings is 1. The fourth-order valence-electron chi connectivity index (χ4n) is 1.77. The van der Waals surface area contributed by atoms with Crippen LogP contribution in [0.5, 0.6) is 0 Å². The van der Waals surface area contributed by atoms with Gasteiger partial charge in [-0.25, -0.2) is 13.1 Å². The molecule has 7 heteroatoms. The molecule has 0 spiro atoms. The highest BCUT2D eigenvalue weighted by atomic mass is 32.2. The average Bonchev–Trinajstić information content (AvgIpc) is 2.37. The van der Waals surface area contributed by atoms with Gasteiger partial charge in [0.05, 0.1) is 19.0 Å². The molecule has 1 aliphatic rings. The van der Waals surface area contributed by atoms with Crippen LogP contribution in [-0.2, 0) is 14.8 Å². The van der Waals surface area contributed by atoms with E-state index in [0.29, 0.717) is 26.3 Å². The molecule has 0 amide bonds. The second-order valence-electron chi connectivity index (χ2n) is 4.81. The Bertz CT molecular complexity index is 364. The Balaban J connectivity index is 2.11. The van der Waals surface area contributed by atoms with Gasteiger partial charge in [0.2, 0.25) is 10.0 Å². The smallest absolute Gasteiger partial charge is 0.212 e. The highest BCUT2D eigenvalue weighted by Gasteiger charge is 2.14. The second-order valence-corrected chi connectivity index (χ2v) is 6.74. The first-order valence-corrected chi connectivity index (χ1v) is 8.27. The van der Waals surface area contributed by atoms with E-state index in [2.05, 4.69) is 21.5 Å². The first-order valence-electron chi connectivity index (χ1n) is 6.62. The second kappa shape index (κ2) is 8.65. The molecule has 1 saturated heterocycles. The summed E-state index contributed by atoms with van der Waals surface area (Å²) in [6, 6.07) is 0. The lowest BCUT2D eigenvalue weighted by atomic mass is 10.4. The Morgan fingerprint density at radius 3 is 2.74 bits per heavy atom. The molecule has 0 radical (unpaired) electrons. The summed E-state index contributed by atoms with van der Waals surface area (Å²) >= 11 is 0. The van der Waals surface area contributed by atoms with Crippen molar-refractivity contribution < 1.29 is 13.2 Å². The Morgan fingerprint density at radius 2 is 2.11 bits per heavy atom. The van der Waals surface area contributed by atoms with Gasteiger partial charge in [-0.05, 0) is 6.92 Å². The maximum absolute atomic E-state index is 11.7. The first-order chi connectivity index (χ1) is 8.99. The van der Waals surface area contributed by atoms with E-state index in [-0.39, 0.29) is 5.75 Å². The third kappa shape index (κ3) is 8.33. The Hall–Kier alpha value is -0.470. The van der Waals surface area contributed by atoms with Crippen LogP contribution in [0.1, 0.15) is 6.92 Å². The lowest BCUT2D eigenvalue weighted by Gasteiger charge is -2.26. The maximum atomic E-state index is 11.7. The molecule has 0 bridgehead atoms. The molecule has 0 atom stereocenters. The lowest BCUT2D eigenvalue weighted by Crippen LogP contribution is -2.46. The average molecular weight is 291 g/mol. The largest absolute Gasteiger partial charge is 0.376 e. The van der Waals surface area contributed by atoms with E-state index in [1.165, 1.54) is 0 Å². The zero-order valence-corrected chi connectivity index (χ0v) is 12.5. The molecule has 0 aromatic rings. The third-order valence-corrected chi connectivity index (χ3v) is 4.17. The number of sulfonamides is 1. The van der Waals surface area contributed by atoms with Crippen LogP contribution in [0.25, 0.3) is 0 Å².